The van der Waals surface area contributed by atoms with E-state index in [1.807, 2.05) is 11.6 Å². The van der Waals surface area contributed by atoms with Crippen LogP contribution in [0.4, 0.5) is 5.95 Å². The molecule has 1 aliphatic heterocycles. The van der Waals surface area contributed by atoms with E-state index < -0.39 is 0 Å². The second-order valence-corrected chi connectivity index (χ2v) is 6.63. The van der Waals surface area contributed by atoms with Gasteiger partial charge < -0.3 is 9.88 Å². The molecular weight excluding hydrogens is 244 g/mol. The number of nitrogens with zero attached hydrogens (tertiary/aromatic N) is 3. The van der Waals surface area contributed by atoms with Gasteiger partial charge in [-0.15, -0.1) is 11.3 Å². The molecule has 1 N–H and O–H groups in total. The van der Waals surface area contributed by atoms with Crippen LogP contribution < -0.4 is 5.32 Å². The van der Waals surface area contributed by atoms with E-state index in [2.05, 4.69) is 41.8 Å². The van der Waals surface area contributed by atoms with Gasteiger partial charge in [-0.2, -0.15) is 0 Å². The summed E-state index contributed by atoms with van der Waals surface area (Å²) in [7, 11) is 0. The van der Waals surface area contributed by atoms with Crippen molar-refractivity contribution in [1.82, 2.24) is 14.5 Å². The highest BCUT2D eigenvalue weighted by Gasteiger charge is 2.27. The van der Waals surface area contributed by atoms with Gasteiger partial charge >= 0.3 is 0 Å². The van der Waals surface area contributed by atoms with E-state index in [4.69, 9.17) is 4.98 Å². The van der Waals surface area contributed by atoms with E-state index >= 15 is 0 Å². The summed E-state index contributed by atoms with van der Waals surface area (Å²) in [6, 6.07) is 0.338. The molecule has 1 atom stereocenters. The summed E-state index contributed by atoms with van der Waals surface area (Å²) < 4.78 is 2.24. The van der Waals surface area contributed by atoms with Gasteiger partial charge in [0.15, 0.2) is 0 Å². The maximum Gasteiger partial charge on any atom is 0.203 e. The second kappa shape index (κ2) is 4.09. The van der Waals surface area contributed by atoms with Crippen molar-refractivity contribution in [3.05, 3.63) is 28.5 Å². The summed E-state index contributed by atoms with van der Waals surface area (Å²) in [6.07, 6.45) is 5.12. The molecule has 0 saturated carbocycles. The Bertz CT molecular complexity index is 536. The topological polar surface area (TPSA) is 42.7 Å². The van der Waals surface area contributed by atoms with Crippen molar-refractivity contribution >= 4 is 17.3 Å². The number of thiazole rings is 1. The predicted octanol–water partition coefficient (Wildman–Crippen LogP) is 3.04. The molecule has 0 aliphatic carbocycles. The number of imidazole rings is 1. The Morgan fingerprint density at radius 3 is 2.94 bits per heavy atom. The summed E-state index contributed by atoms with van der Waals surface area (Å²) in [4.78, 5) is 9.16. The SMILES string of the molecule is CC(C)(C)c1cn2c(n1)NCCC2c1nccs1. The fraction of sp³-hybridized carbons (Fsp3) is 0.538. The molecule has 18 heavy (non-hydrogen) atoms. The highest BCUT2D eigenvalue weighted by atomic mass is 32.1. The lowest BCUT2D eigenvalue weighted by Crippen LogP contribution is -2.23. The van der Waals surface area contributed by atoms with Crippen LogP contribution in [0.5, 0.6) is 0 Å². The summed E-state index contributed by atoms with van der Waals surface area (Å²) in [6.45, 7) is 7.55. The minimum absolute atomic E-state index is 0.0828. The molecule has 0 aromatic carbocycles. The first-order valence-electron chi connectivity index (χ1n) is 6.28. The number of aromatic nitrogens is 3. The first-order valence-corrected chi connectivity index (χ1v) is 7.16. The standard InChI is InChI=1S/C13H18N4S/c1-13(2,3)10-8-17-9(11-14-6-7-18-11)4-5-15-12(17)16-10/h6-9H,4-5H2,1-3H3,(H,15,16). The van der Waals surface area contributed by atoms with Crippen LogP contribution in [0.3, 0.4) is 0 Å². The smallest absolute Gasteiger partial charge is 0.203 e. The van der Waals surface area contributed by atoms with Crippen LogP contribution in [0.1, 0.15) is 43.9 Å². The van der Waals surface area contributed by atoms with Crippen molar-refractivity contribution in [3.8, 4) is 0 Å². The third kappa shape index (κ3) is 1.92. The van der Waals surface area contributed by atoms with Crippen molar-refractivity contribution in [3.63, 3.8) is 0 Å². The molecule has 1 unspecified atom stereocenters. The average Bonchev–Trinajstić information content (AvgIpc) is 2.96. The molecule has 0 amide bonds. The van der Waals surface area contributed by atoms with Crippen molar-refractivity contribution in [2.24, 2.45) is 0 Å². The molecule has 0 fully saturated rings. The van der Waals surface area contributed by atoms with Gasteiger partial charge in [-0.25, -0.2) is 9.97 Å². The van der Waals surface area contributed by atoms with Crippen LogP contribution >= 0.6 is 11.3 Å². The minimum atomic E-state index is 0.0828. The van der Waals surface area contributed by atoms with Crippen molar-refractivity contribution < 1.29 is 0 Å². The van der Waals surface area contributed by atoms with Crippen LogP contribution in [-0.2, 0) is 5.41 Å². The van der Waals surface area contributed by atoms with Gasteiger partial charge in [0.25, 0.3) is 0 Å². The zero-order valence-electron chi connectivity index (χ0n) is 11.0. The lowest BCUT2D eigenvalue weighted by Gasteiger charge is -2.24. The van der Waals surface area contributed by atoms with E-state index in [0.29, 0.717) is 6.04 Å². The van der Waals surface area contributed by atoms with E-state index in [-0.39, 0.29) is 5.41 Å². The fourth-order valence-corrected chi connectivity index (χ4v) is 3.00. The lowest BCUT2D eigenvalue weighted by atomic mass is 9.93. The maximum atomic E-state index is 4.71. The zero-order chi connectivity index (χ0) is 12.8. The van der Waals surface area contributed by atoms with Crippen LogP contribution in [0.15, 0.2) is 17.8 Å². The van der Waals surface area contributed by atoms with E-state index in [9.17, 15) is 0 Å². The highest BCUT2D eigenvalue weighted by Crippen LogP contribution is 2.33. The van der Waals surface area contributed by atoms with Crippen molar-refractivity contribution in [2.45, 2.75) is 38.6 Å². The Balaban J connectivity index is 2.03. The highest BCUT2D eigenvalue weighted by molar-refractivity contribution is 7.09. The lowest BCUT2D eigenvalue weighted by molar-refractivity contribution is 0.524. The number of nitrogens with one attached hydrogen (secondary N) is 1. The summed E-state index contributed by atoms with van der Waals surface area (Å²) in [5.41, 5.74) is 1.22. The molecule has 0 spiro atoms. The van der Waals surface area contributed by atoms with Gasteiger partial charge in [-0.1, -0.05) is 20.8 Å². The first-order chi connectivity index (χ1) is 8.55. The first kappa shape index (κ1) is 11.7. The number of hydrogen-bond acceptors (Lipinski definition) is 4. The largest absolute Gasteiger partial charge is 0.356 e. The Morgan fingerprint density at radius 1 is 1.44 bits per heavy atom. The van der Waals surface area contributed by atoms with Gasteiger partial charge in [0.2, 0.25) is 5.95 Å². The molecule has 4 nitrogen and oxygen atoms in total. The number of anilines is 1. The summed E-state index contributed by atoms with van der Waals surface area (Å²) in [5.74, 6) is 0.978. The molecule has 3 rings (SSSR count). The average molecular weight is 262 g/mol. The molecule has 2 aromatic heterocycles. The number of rotatable bonds is 1. The van der Waals surface area contributed by atoms with Gasteiger partial charge in [0.05, 0.1) is 11.7 Å². The third-order valence-electron chi connectivity index (χ3n) is 3.27. The van der Waals surface area contributed by atoms with Gasteiger partial charge in [-0.3, -0.25) is 0 Å². The molecule has 2 aromatic rings. The maximum absolute atomic E-state index is 4.71. The fourth-order valence-electron chi connectivity index (χ4n) is 2.22. The molecule has 0 radical (unpaired) electrons. The Labute approximate surface area is 111 Å². The predicted molar refractivity (Wildman–Crippen MR) is 74.3 cm³/mol. The normalized spacial score (nSPS) is 19.4. The van der Waals surface area contributed by atoms with Crippen LogP contribution in [0.25, 0.3) is 0 Å². The summed E-state index contributed by atoms with van der Waals surface area (Å²) >= 11 is 1.72. The van der Waals surface area contributed by atoms with Crippen LogP contribution in [0, 0.1) is 0 Å². The van der Waals surface area contributed by atoms with Crippen molar-refractivity contribution in [1.29, 1.82) is 0 Å². The van der Waals surface area contributed by atoms with Gasteiger partial charge in [0.1, 0.15) is 5.01 Å². The third-order valence-corrected chi connectivity index (χ3v) is 4.15. The molecule has 5 heteroatoms. The quantitative estimate of drug-likeness (QED) is 0.859. The number of hydrogen-bond donors (Lipinski definition) is 1. The minimum Gasteiger partial charge on any atom is -0.356 e. The zero-order valence-corrected chi connectivity index (χ0v) is 11.8. The Kier molecular flexibility index (Phi) is 2.66. The van der Waals surface area contributed by atoms with E-state index in [1.54, 1.807) is 11.3 Å². The van der Waals surface area contributed by atoms with Gasteiger partial charge in [0, 0.05) is 29.7 Å². The Hall–Kier alpha value is -1.36. The second-order valence-electron chi connectivity index (χ2n) is 5.71. The number of fused-ring (bicyclic) bond motifs is 1. The Morgan fingerprint density at radius 2 is 2.28 bits per heavy atom. The van der Waals surface area contributed by atoms with Crippen LogP contribution in [-0.4, -0.2) is 21.1 Å². The monoisotopic (exact) mass is 262 g/mol. The molecule has 1 aliphatic rings. The molecule has 3 heterocycles. The van der Waals surface area contributed by atoms with Gasteiger partial charge in [-0.05, 0) is 6.42 Å². The molecule has 0 saturated heterocycles. The van der Waals surface area contributed by atoms with Crippen LogP contribution in [0.2, 0.25) is 0 Å². The molecular formula is C13H18N4S. The van der Waals surface area contributed by atoms with Crippen molar-refractivity contribution in [2.75, 3.05) is 11.9 Å². The summed E-state index contributed by atoms with van der Waals surface area (Å²) in [5, 5.41) is 6.59. The molecule has 0 bridgehead atoms. The molecule has 96 valence electrons. The van der Waals surface area contributed by atoms with E-state index in [0.717, 1.165) is 24.6 Å². The van der Waals surface area contributed by atoms with E-state index in [1.165, 1.54) is 5.01 Å².